The number of aryl methyl sites for hydroxylation is 1. The summed E-state index contributed by atoms with van der Waals surface area (Å²) in [6.45, 7) is 0. The van der Waals surface area contributed by atoms with Gasteiger partial charge < -0.3 is 4.57 Å². The van der Waals surface area contributed by atoms with Gasteiger partial charge in [-0.25, -0.2) is 13.8 Å². The molecule has 0 N–H and O–H groups in total. The fraction of sp³-hybridized carbons (Fsp3) is 0.0714. The molecular weight excluding hydrogens is 270 g/mol. The summed E-state index contributed by atoms with van der Waals surface area (Å²) in [5.41, 5.74) is 2.12. The Hall–Kier alpha value is -1.94. The Morgan fingerprint density at radius 1 is 1.05 bits per heavy atom. The second-order valence-electron chi connectivity index (χ2n) is 4.26. The molecule has 96 valence electrons. The average Bonchev–Trinajstić information content (AvgIpc) is 2.70. The molecule has 0 aliphatic carbocycles. The Bertz CT molecular complexity index is 780. The predicted octanol–water partition coefficient (Wildman–Crippen LogP) is 4.17. The van der Waals surface area contributed by atoms with Gasteiger partial charge in [0.15, 0.2) is 11.6 Å². The molecule has 3 rings (SSSR count). The molecule has 0 bridgehead atoms. The van der Waals surface area contributed by atoms with Gasteiger partial charge in [0, 0.05) is 17.6 Å². The molecule has 1 aromatic heterocycles. The van der Waals surface area contributed by atoms with E-state index in [1.54, 1.807) is 12.1 Å². The van der Waals surface area contributed by atoms with Crippen LogP contribution in [-0.2, 0) is 7.05 Å². The summed E-state index contributed by atoms with van der Waals surface area (Å²) >= 11 is 5.91. The van der Waals surface area contributed by atoms with Crippen LogP contribution < -0.4 is 0 Å². The standard InChI is InChI=1S/C14H9ClF2N2/c1-19-13-5-3-9(15)7-12(13)18-14(19)8-2-4-10(16)11(17)6-8/h2-7H,1H3. The van der Waals surface area contributed by atoms with E-state index in [4.69, 9.17) is 11.6 Å². The third kappa shape index (κ3) is 1.98. The maximum absolute atomic E-state index is 13.3. The van der Waals surface area contributed by atoms with E-state index < -0.39 is 11.6 Å². The van der Waals surface area contributed by atoms with Crippen LogP contribution in [0.1, 0.15) is 0 Å². The van der Waals surface area contributed by atoms with Gasteiger partial charge in [-0.1, -0.05) is 11.6 Å². The summed E-state index contributed by atoms with van der Waals surface area (Å²) in [5.74, 6) is -1.19. The average molecular weight is 279 g/mol. The zero-order chi connectivity index (χ0) is 13.6. The second-order valence-corrected chi connectivity index (χ2v) is 4.69. The number of aromatic nitrogens is 2. The number of nitrogens with zero attached hydrogens (tertiary/aromatic N) is 2. The largest absolute Gasteiger partial charge is 0.327 e. The summed E-state index contributed by atoms with van der Waals surface area (Å²) in [4.78, 5) is 4.40. The van der Waals surface area contributed by atoms with Crippen molar-refractivity contribution in [3.05, 3.63) is 53.1 Å². The normalized spacial score (nSPS) is 11.2. The fourth-order valence-electron chi connectivity index (χ4n) is 2.07. The first-order valence-electron chi connectivity index (χ1n) is 5.63. The lowest BCUT2D eigenvalue weighted by molar-refractivity contribution is 0.509. The highest BCUT2D eigenvalue weighted by atomic mass is 35.5. The summed E-state index contributed by atoms with van der Waals surface area (Å²) < 4.78 is 28.1. The first kappa shape index (κ1) is 12.1. The number of imidazole rings is 1. The third-order valence-electron chi connectivity index (χ3n) is 3.02. The van der Waals surface area contributed by atoms with Gasteiger partial charge >= 0.3 is 0 Å². The van der Waals surface area contributed by atoms with Gasteiger partial charge in [0.2, 0.25) is 0 Å². The van der Waals surface area contributed by atoms with Crippen LogP contribution in [0.3, 0.4) is 0 Å². The van der Waals surface area contributed by atoms with Gasteiger partial charge in [-0.2, -0.15) is 0 Å². The van der Waals surface area contributed by atoms with Crippen molar-refractivity contribution in [2.24, 2.45) is 7.05 Å². The van der Waals surface area contributed by atoms with Crippen LogP contribution in [0, 0.1) is 11.6 Å². The van der Waals surface area contributed by atoms with Crippen LogP contribution >= 0.6 is 11.6 Å². The summed E-state index contributed by atoms with van der Waals surface area (Å²) in [7, 11) is 1.82. The van der Waals surface area contributed by atoms with Crippen LogP contribution in [0.5, 0.6) is 0 Å². The molecule has 0 saturated carbocycles. The maximum Gasteiger partial charge on any atom is 0.159 e. The minimum Gasteiger partial charge on any atom is -0.327 e. The third-order valence-corrected chi connectivity index (χ3v) is 3.26. The number of fused-ring (bicyclic) bond motifs is 1. The van der Waals surface area contributed by atoms with Crippen molar-refractivity contribution >= 4 is 22.6 Å². The molecule has 1 heterocycles. The maximum atomic E-state index is 13.3. The van der Waals surface area contributed by atoms with Gasteiger partial charge in [-0.3, -0.25) is 0 Å². The molecule has 0 fully saturated rings. The summed E-state index contributed by atoms with van der Waals surface area (Å²) in [6.07, 6.45) is 0. The van der Waals surface area contributed by atoms with E-state index in [0.717, 1.165) is 23.2 Å². The quantitative estimate of drug-likeness (QED) is 0.653. The van der Waals surface area contributed by atoms with Crippen LogP contribution in [-0.4, -0.2) is 9.55 Å². The number of halogens is 3. The molecule has 5 heteroatoms. The van der Waals surface area contributed by atoms with E-state index in [2.05, 4.69) is 4.98 Å². The smallest absolute Gasteiger partial charge is 0.159 e. The lowest BCUT2D eigenvalue weighted by Gasteiger charge is -2.03. The van der Waals surface area contributed by atoms with E-state index in [1.165, 1.54) is 6.07 Å². The molecule has 0 amide bonds. The molecule has 0 aliphatic rings. The molecule has 2 nitrogen and oxygen atoms in total. The van der Waals surface area contributed by atoms with Gasteiger partial charge in [0.1, 0.15) is 5.82 Å². The molecule has 3 aromatic rings. The molecule has 0 aliphatic heterocycles. The Labute approximate surface area is 113 Å². The Balaban J connectivity index is 2.24. The van der Waals surface area contributed by atoms with Gasteiger partial charge in [0.25, 0.3) is 0 Å². The molecule has 2 aromatic carbocycles. The van der Waals surface area contributed by atoms with Gasteiger partial charge in [-0.15, -0.1) is 0 Å². The van der Waals surface area contributed by atoms with Crippen LogP contribution in [0.4, 0.5) is 8.78 Å². The Morgan fingerprint density at radius 2 is 1.84 bits per heavy atom. The number of rotatable bonds is 1. The summed E-state index contributed by atoms with van der Waals surface area (Å²) in [6, 6.07) is 9.07. The predicted molar refractivity (Wildman–Crippen MR) is 71.1 cm³/mol. The van der Waals surface area contributed by atoms with Crippen LogP contribution in [0.2, 0.25) is 5.02 Å². The molecule has 0 spiro atoms. The zero-order valence-corrected chi connectivity index (χ0v) is 10.7. The van der Waals surface area contributed by atoms with Gasteiger partial charge in [0.05, 0.1) is 11.0 Å². The highest BCUT2D eigenvalue weighted by Gasteiger charge is 2.12. The first-order valence-corrected chi connectivity index (χ1v) is 6.01. The van der Waals surface area contributed by atoms with Crippen molar-refractivity contribution < 1.29 is 8.78 Å². The minimum atomic E-state index is -0.886. The molecular formula is C14H9ClF2N2. The number of hydrogen-bond donors (Lipinski definition) is 0. The second kappa shape index (κ2) is 4.31. The number of hydrogen-bond acceptors (Lipinski definition) is 1. The minimum absolute atomic E-state index is 0.522. The molecule has 0 radical (unpaired) electrons. The zero-order valence-electron chi connectivity index (χ0n) is 9.99. The van der Waals surface area contributed by atoms with Crippen molar-refractivity contribution in [1.29, 1.82) is 0 Å². The molecule has 0 atom stereocenters. The topological polar surface area (TPSA) is 17.8 Å². The summed E-state index contributed by atoms with van der Waals surface area (Å²) in [5, 5.41) is 0.586. The highest BCUT2D eigenvalue weighted by Crippen LogP contribution is 2.26. The monoisotopic (exact) mass is 278 g/mol. The Kier molecular flexibility index (Phi) is 2.75. The Morgan fingerprint density at radius 3 is 2.58 bits per heavy atom. The molecule has 0 unspecified atom stereocenters. The number of benzene rings is 2. The van der Waals surface area contributed by atoms with Crippen LogP contribution in [0.15, 0.2) is 36.4 Å². The first-order chi connectivity index (χ1) is 9.06. The lowest BCUT2D eigenvalue weighted by Crippen LogP contribution is -1.94. The van der Waals surface area contributed by atoms with Crippen molar-refractivity contribution in [2.75, 3.05) is 0 Å². The van der Waals surface area contributed by atoms with Crippen molar-refractivity contribution in [1.82, 2.24) is 9.55 Å². The molecule has 0 saturated heterocycles. The van der Waals surface area contributed by atoms with Crippen molar-refractivity contribution in [3.63, 3.8) is 0 Å². The molecule has 19 heavy (non-hydrogen) atoms. The van der Waals surface area contributed by atoms with Crippen molar-refractivity contribution in [2.45, 2.75) is 0 Å². The van der Waals surface area contributed by atoms with E-state index in [9.17, 15) is 8.78 Å². The van der Waals surface area contributed by atoms with Crippen LogP contribution in [0.25, 0.3) is 22.4 Å². The van der Waals surface area contributed by atoms with E-state index in [1.807, 2.05) is 17.7 Å². The van der Waals surface area contributed by atoms with Crippen molar-refractivity contribution in [3.8, 4) is 11.4 Å². The van der Waals surface area contributed by atoms with E-state index in [0.29, 0.717) is 16.4 Å². The lowest BCUT2D eigenvalue weighted by atomic mass is 10.2. The fourth-order valence-corrected chi connectivity index (χ4v) is 2.23. The highest BCUT2D eigenvalue weighted by molar-refractivity contribution is 6.31. The van der Waals surface area contributed by atoms with Gasteiger partial charge in [-0.05, 0) is 36.4 Å². The van der Waals surface area contributed by atoms with E-state index in [-0.39, 0.29) is 0 Å². The SMILES string of the molecule is Cn1c(-c2ccc(F)c(F)c2)nc2cc(Cl)ccc21. The van der Waals surface area contributed by atoms with E-state index >= 15 is 0 Å².